The Morgan fingerprint density at radius 1 is 0.828 bits per heavy atom. The van der Waals surface area contributed by atoms with Crippen molar-refractivity contribution in [3.05, 3.63) is 95.8 Å². The molecule has 0 aliphatic heterocycles. The maximum absolute atomic E-state index is 4.76. The minimum absolute atomic E-state index is 0.567. The molecule has 0 amide bonds. The molecule has 2 aromatic heterocycles. The van der Waals surface area contributed by atoms with Gasteiger partial charge in [0, 0.05) is 36.3 Å². The van der Waals surface area contributed by atoms with Crippen molar-refractivity contribution in [2.24, 2.45) is 0 Å². The Hall–Kier alpha value is -3.73. The highest BCUT2D eigenvalue weighted by Gasteiger charge is 2.10. The van der Waals surface area contributed by atoms with Crippen molar-refractivity contribution in [1.82, 2.24) is 15.0 Å². The average molecular weight is 381 g/mol. The summed E-state index contributed by atoms with van der Waals surface area (Å²) in [6.07, 6.45) is 3.62. The monoisotopic (exact) mass is 381 g/mol. The molecule has 29 heavy (non-hydrogen) atoms. The van der Waals surface area contributed by atoms with Gasteiger partial charge in [-0.2, -0.15) is 4.98 Å². The van der Waals surface area contributed by atoms with Gasteiger partial charge in [-0.25, -0.2) is 4.98 Å². The van der Waals surface area contributed by atoms with Crippen LogP contribution in [0.3, 0.4) is 0 Å². The molecule has 0 bridgehead atoms. The topological polar surface area (TPSA) is 62.7 Å². The Bertz CT molecular complexity index is 1070. The van der Waals surface area contributed by atoms with Crippen LogP contribution in [0.2, 0.25) is 0 Å². The summed E-state index contributed by atoms with van der Waals surface area (Å²) in [4.78, 5) is 13.6. The summed E-state index contributed by atoms with van der Waals surface area (Å²) in [5, 5.41) is 6.81. The van der Waals surface area contributed by atoms with Crippen LogP contribution in [0, 0.1) is 13.8 Å². The molecule has 2 N–H and O–H groups in total. The van der Waals surface area contributed by atoms with Crippen molar-refractivity contribution in [3.8, 4) is 11.3 Å². The van der Waals surface area contributed by atoms with Gasteiger partial charge in [-0.3, -0.25) is 4.98 Å². The largest absolute Gasteiger partial charge is 0.366 e. The summed E-state index contributed by atoms with van der Waals surface area (Å²) in [7, 11) is 0. The number of nitrogens with one attached hydrogen (secondary N) is 2. The van der Waals surface area contributed by atoms with Crippen LogP contribution in [0.5, 0.6) is 0 Å². The summed E-state index contributed by atoms with van der Waals surface area (Å²) >= 11 is 0. The average Bonchev–Trinajstić information content (AvgIpc) is 2.76. The number of pyridine rings is 1. The van der Waals surface area contributed by atoms with E-state index in [2.05, 4.69) is 59.8 Å². The van der Waals surface area contributed by atoms with Gasteiger partial charge < -0.3 is 10.6 Å². The lowest BCUT2D eigenvalue weighted by atomic mass is 10.1. The van der Waals surface area contributed by atoms with E-state index in [0.29, 0.717) is 12.5 Å². The molecule has 0 atom stereocenters. The van der Waals surface area contributed by atoms with Gasteiger partial charge in [-0.15, -0.1) is 0 Å². The van der Waals surface area contributed by atoms with Crippen LogP contribution in [0.4, 0.5) is 17.5 Å². The van der Waals surface area contributed by atoms with Gasteiger partial charge in [0.05, 0.1) is 5.69 Å². The van der Waals surface area contributed by atoms with Crippen LogP contribution < -0.4 is 10.6 Å². The van der Waals surface area contributed by atoms with E-state index in [1.54, 1.807) is 6.20 Å². The highest BCUT2D eigenvalue weighted by molar-refractivity contribution is 5.68. The van der Waals surface area contributed by atoms with Crippen molar-refractivity contribution in [3.63, 3.8) is 0 Å². The fourth-order valence-corrected chi connectivity index (χ4v) is 3.17. The lowest BCUT2D eigenvalue weighted by molar-refractivity contribution is 1.07. The van der Waals surface area contributed by atoms with Crippen LogP contribution in [0.15, 0.2) is 79.1 Å². The molecule has 0 fully saturated rings. The molecule has 144 valence electrons. The summed E-state index contributed by atoms with van der Waals surface area (Å²) in [5.41, 5.74) is 6.35. The van der Waals surface area contributed by atoms with Crippen molar-refractivity contribution >= 4 is 17.5 Å². The smallest absolute Gasteiger partial charge is 0.229 e. The molecule has 0 aliphatic rings. The number of rotatable bonds is 6. The molecule has 2 heterocycles. The van der Waals surface area contributed by atoms with E-state index < -0.39 is 0 Å². The zero-order valence-corrected chi connectivity index (χ0v) is 16.6. The second-order valence-corrected chi connectivity index (χ2v) is 6.93. The van der Waals surface area contributed by atoms with Gasteiger partial charge in [0.1, 0.15) is 5.82 Å². The fourth-order valence-electron chi connectivity index (χ4n) is 3.17. The number of benzene rings is 2. The van der Waals surface area contributed by atoms with E-state index in [0.717, 1.165) is 39.5 Å². The quantitative estimate of drug-likeness (QED) is 0.461. The minimum atomic E-state index is 0.567. The third-order valence-electron chi connectivity index (χ3n) is 4.71. The van der Waals surface area contributed by atoms with Crippen LogP contribution >= 0.6 is 0 Å². The zero-order valence-electron chi connectivity index (χ0n) is 16.6. The normalized spacial score (nSPS) is 10.6. The van der Waals surface area contributed by atoms with Crippen LogP contribution in [0.1, 0.15) is 16.7 Å². The first-order chi connectivity index (χ1) is 14.2. The van der Waals surface area contributed by atoms with Gasteiger partial charge in [-0.05, 0) is 36.6 Å². The van der Waals surface area contributed by atoms with E-state index in [9.17, 15) is 0 Å². The molecule has 0 spiro atoms. The Morgan fingerprint density at radius 2 is 1.62 bits per heavy atom. The molecular formula is C24H23N5. The molecule has 0 aliphatic carbocycles. The molecule has 4 rings (SSSR count). The first-order valence-electron chi connectivity index (χ1n) is 9.59. The van der Waals surface area contributed by atoms with Gasteiger partial charge in [0.15, 0.2) is 0 Å². The third-order valence-corrected chi connectivity index (χ3v) is 4.71. The van der Waals surface area contributed by atoms with Crippen LogP contribution in [-0.2, 0) is 6.54 Å². The van der Waals surface area contributed by atoms with E-state index in [-0.39, 0.29) is 0 Å². The van der Waals surface area contributed by atoms with Gasteiger partial charge in [0.2, 0.25) is 5.95 Å². The number of hydrogen-bond donors (Lipinski definition) is 2. The third kappa shape index (κ3) is 4.58. The molecule has 0 saturated heterocycles. The lowest BCUT2D eigenvalue weighted by Gasteiger charge is -2.14. The first kappa shape index (κ1) is 18.6. The second-order valence-electron chi connectivity index (χ2n) is 6.93. The number of para-hydroxylation sites is 1. The Labute approximate surface area is 170 Å². The number of anilines is 3. The predicted octanol–water partition coefficient (Wildman–Crippen LogP) is 5.51. The maximum Gasteiger partial charge on any atom is 0.229 e. The summed E-state index contributed by atoms with van der Waals surface area (Å²) in [6.45, 7) is 4.80. The lowest BCUT2D eigenvalue weighted by Crippen LogP contribution is -2.06. The summed E-state index contributed by atoms with van der Waals surface area (Å²) < 4.78 is 0. The van der Waals surface area contributed by atoms with E-state index in [1.165, 1.54) is 0 Å². The van der Waals surface area contributed by atoms with E-state index >= 15 is 0 Å². The molecule has 5 heteroatoms. The highest BCUT2D eigenvalue weighted by Crippen LogP contribution is 2.26. The summed E-state index contributed by atoms with van der Waals surface area (Å²) in [5.74, 6) is 1.33. The maximum atomic E-state index is 4.76. The minimum Gasteiger partial charge on any atom is -0.366 e. The molecule has 0 radical (unpaired) electrons. The first-order valence-corrected chi connectivity index (χ1v) is 9.59. The van der Waals surface area contributed by atoms with Crippen molar-refractivity contribution in [2.45, 2.75) is 20.4 Å². The van der Waals surface area contributed by atoms with Crippen molar-refractivity contribution < 1.29 is 0 Å². The fraction of sp³-hybridized carbons (Fsp3) is 0.125. The Kier molecular flexibility index (Phi) is 5.47. The van der Waals surface area contributed by atoms with Gasteiger partial charge in [0.25, 0.3) is 0 Å². The van der Waals surface area contributed by atoms with E-state index in [1.807, 2.05) is 42.6 Å². The van der Waals surface area contributed by atoms with E-state index in [4.69, 9.17) is 9.97 Å². The van der Waals surface area contributed by atoms with Crippen molar-refractivity contribution in [2.75, 3.05) is 10.6 Å². The van der Waals surface area contributed by atoms with Crippen molar-refractivity contribution in [1.29, 1.82) is 0 Å². The predicted molar refractivity (Wildman–Crippen MR) is 118 cm³/mol. The van der Waals surface area contributed by atoms with Gasteiger partial charge >= 0.3 is 0 Å². The Morgan fingerprint density at radius 3 is 2.34 bits per heavy atom. The number of aryl methyl sites for hydroxylation is 2. The molecule has 4 aromatic rings. The highest BCUT2D eigenvalue weighted by atomic mass is 15.1. The number of nitrogens with zero attached hydrogens (tertiary/aromatic N) is 3. The molecule has 2 aromatic carbocycles. The second kappa shape index (κ2) is 8.52. The Balaban J connectivity index is 1.68. The standard InChI is InChI=1S/C24H23N5/c1-17-8-6-9-18(2)23(17)29-24-27-21(20-11-4-3-5-12-20)14-22(28-24)26-16-19-10-7-13-25-15-19/h3-15H,16H2,1-2H3,(H2,26,27,28,29). The SMILES string of the molecule is Cc1cccc(C)c1Nc1nc(NCc2cccnc2)cc(-c2ccccc2)n1. The molecule has 0 unspecified atom stereocenters. The molecular weight excluding hydrogens is 358 g/mol. The number of aromatic nitrogens is 3. The number of hydrogen-bond acceptors (Lipinski definition) is 5. The van der Waals surface area contributed by atoms with Crippen LogP contribution in [-0.4, -0.2) is 15.0 Å². The molecule has 5 nitrogen and oxygen atoms in total. The zero-order chi connectivity index (χ0) is 20.1. The summed E-state index contributed by atoms with van der Waals surface area (Å²) in [6, 6.07) is 22.3. The van der Waals surface area contributed by atoms with Gasteiger partial charge in [-0.1, -0.05) is 54.6 Å². The van der Waals surface area contributed by atoms with Crippen LogP contribution in [0.25, 0.3) is 11.3 Å². The molecule has 0 saturated carbocycles.